The minimum absolute atomic E-state index is 0.0424. The Morgan fingerprint density at radius 3 is 1.16 bits per heavy atom. The number of quaternary nitrogens is 1. The Balaban J connectivity index is 4.91. The summed E-state index contributed by atoms with van der Waals surface area (Å²) in [6.07, 6.45) is 67.7. The molecule has 0 aliphatic heterocycles. The normalized spacial score (nSPS) is 13.7. The van der Waals surface area contributed by atoms with Crippen LogP contribution in [-0.4, -0.2) is 74.3 Å². The molecule has 0 fully saturated rings. The van der Waals surface area contributed by atoms with Gasteiger partial charge in [-0.25, -0.2) is 4.57 Å². The van der Waals surface area contributed by atoms with Crippen molar-refractivity contribution in [1.29, 1.82) is 0 Å². The number of hydrogen-bond donors (Lipinski definition) is 2. The molecule has 0 aliphatic rings. The van der Waals surface area contributed by atoms with E-state index >= 15 is 0 Å². The number of likely N-dealkylation sites (N-methyl/N-ethyl adjacent to an activating group) is 1. The highest BCUT2D eigenvalue weighted by Gasteiger charge is 2.30. The van der Waals surface area contributed by atoms with Crippen molar-refractivity contribution in [2.75, 3.05) is 40.9 Å². The average Bonchev–Trinajstić information content (AvgIpc) is 3.38. The summed E-state index contributed by atoms with van der Waals surface area (Å²) in [5.41, 5.74) is 0. The average molecular weight is 1090 g/mol. The molecule has 0 rings (SSSR count). The number of esters is 1. The molecule has 1 amide bonds. The quantitative estimate of drug-likeness (QED) is 0.0205. The Morgan fingerprint density at radius 2 is 0.776 bits per heavy atom. The van der Waals surface area contributed by atoms with Crippen molar-refractivity contribution >= 4 is 19.7 Å². The van der Waals surface area contributed by atoms with Crippen LogP contribution in [0.3, 0.4) is 0 Å². The Bertz CT molecular complexity index is 1350. The van der Waals surface area contributed by atoms with Crippen molar-refractivity contribution in [2.45, 2.75) is 348 Å². The predicted molar refractivity (Wildman–Crippen MR) is 328 cm³/mol. The molecule has 0 aliphatic carbocycles. The number of phosphoric ester groups is 1. The van der Waals surface area contributed by atoms with Crippen molar-refractivity contribution in [3.05, 3.63) is 24.3 Å². The first-order valence-electron chi connectivity index (χ1n) is 33.2. The fraction of sp³-hybridized carbons (Fsp3) is 0.909. The molecule has 76 heavy (non-hydrogen) atoms. The summed E-state index contributed by atoms with van der Waals surface area (Å²) in [5.74, 6) is -0.500. The Hall–Kier alpha value is -1.51. The molecular formula is C66H130N2O7P+. The zero-order chi connectivity index (χ0) is 55.7. The van der Waals surface area contributed by atoms with Crippen molar-refractivity contribution in [1.82, 2.24) is 5.32 Å². The minimum Gasteiger partial charge on any atom is -0.456 e. The Labute approximate surface area is 473 Å². The number of allylic oxidation sites excluding steroid dienone is 3. The van der Waals surface area contributed by atoms with E-state index in [1.165, 1.54) is 218 Å². The molecule has 0 spiro atoms. The van der Waals surface area contributed by atoms with Gasteiger partial charge in [0, 0.05) is 12.8 Å². The molecule has 0 bridgehead atoms. The number of nitrogens with one attached hydrogen (secondary N) is 1. The van der Waals surface area contributed by atoms with Gasteiger partial charge in [0.1, 0.15) is 19.3 Å². The van der Waals surface area contributed by atoms with E-state index in [4.69, 9.17) is 13.8 Å². The van der Waals surface area contributed by atoms with Gasteiger partial charge in [0.2, 0.25) is 5.91 Å². The predicted octanol–water partition coefficient (Wildman–Crippen LogP) is 20.5. The summed E-state index contributed by atoms with van der Waals surface area (Å²) in [6.45, 7) is 7.01. The van der Waals surface area contributed by atoms with Crippen molar-refractivity contribution in [3.63, 3.8) is 0 Å². The standard InChI is InChI=1S/C66H129N2O7P/c1-7-10-13-16-19-22-25-27-28-29-30-31-32-33-34-35-36-37-38-39-40-41-44-46-49-52-55-58-65(69)67-63(62-74-76(71,72)73-61-60-68(4,5)6)64(57-54-51-48-45-43-26-23-20-17-14-11-8-2)75-66(70)59-56-53-50-47-42-24-21-18-15-12-9-3/h18,21,54,57,63-64H,7-17,19-20,22-53,55-56,58-62H2,1-6H3,(H-,67,69,71,72)/p+1/b21-18-,57-54-. The molecule has 9 nitrogen and oxygen atoms in total. The molecule has 0 aromatic carbocycles. The van der Waals surface area contributed by atoms with E-state index in [0.717, 1.165) is 83.5 Å². The van der Waals surface area contributed by atoms with Crippen LogP contribution in [0.5, 0.6) is 0 Å². The first-order valence-corrected chi connectivity index (χ1v) is 34.7. The minimum atomic E-state index is -4.44. The second-order valence-electron chi connectivity index (χ2n) is 24.0. The second-order valence-corrected chi connectivity index (χ2v) is 25.5. The molecule has 0 saturated heterocycles. The third-order valence-corrected chi connectivity index (χ3v) is 16.1. The van der Waals surface area contributed by atoms with Gasteiger partial charge in [-0.15, -0.1) is 0 Å². The molecule has 3 unspecified atom stereocenters. The second kappa shape index (κ2) is 56.8. The number of ether oxygens (including phenoxy) is 1. The van der Waals surface area contributed by atoms with E-state index in [1.54, 1.807) is 0 Å². The highest BCUT2D eigenvalue weighted by atomic mass is 31.2. The van der Waals surface area contributed by atoms with Crippen LogP contribution in [0.15, 0.2) is 24.3 Å². The lowest BCUT2D eigenvalue weighted by atomic mass is 10.0. The SMILES string of the molecule is CCCC/C=C\CCCCCCCC(=O)OC(/C=C\CCCCCCCCCCCC)C(COP(=O)(O)OCC[N+](C)(C)C)NC(=O)CCCCCCCCCCCCCCCCCCCCCCCCCCCCC. The largest absolute Gasteiger partial charge is 0.472 e. The van der Waals surface area contributed by atoms with E-state index < -0.39 is 20.0 Å². The van der Waals surface area contributed by atoms with Crippen LogP contribution in [0.1, 0.15) is 335 Å². The van der Waals surface area contributed by atoms with Gasteiger partial charge in [0.05, 0.1) is 33.8 Å². The molecule has 0 aromatic heterocycles. The Morgan fingerprint density at radius 1 is 0.447 bits per heavy atom. The van der Waals surface area contributed by atoms with Gasteiger partial charge in [0.15, 0.2) is 0 Å². The van der Waals surface area contributed by atoms with E-state index in [9.17, 15) is 19.0 Å². The third-order valence-electron chi connectivity index (χ3n) is 15.1. The smallest absolute Gasteiger partial charge is 0.456 e. The van der Waals surface area contributed by atoms with Crippen LogP contribution >= 0.6 is 7.82 Å². The Kier molecular flexibility index (Phi) is 55.6. The van der Waals surface area contributed by atoms with Crippen molar-refractivity contribution < 1.29 is 37.3 Å². The van der Waals surface area contributed by atoms with Crippen LogP contribution in [0.2, 0.25) is 0 Å². The van der Waals surface area contributed by atoms with Crippen LogP contribution < -0.4 is 5.32 Å². The number of phosphoric acid groups is 1. The van der Waals surface area contributed by atoms with Gasteiger partial charge < -0.3 is 19.4 Å². The van der Waals surface area contributed by atoms with Crippen LogP contribution in [0.25, 0.3) is 0 Å². The highest BCUT2D eigenvalue weighted by molar-refractivity contribution is 7.47. The molecule has 10 heteroatoms. The molecule has 2 N–H and O–H groups in total. The van der Waals surface area contributed by atoms with Crippen molar-refractivity contribution in [3.8, 4) is 0 Å². The molecule has 0 saturated carbocycles. The molecule has 0 radical (unpaired) electrons. The molecule has 0 aromatic rings. The summed E-state index contributed by atoms with van der Waals surface area (Å²) in [4.78, 5) is 37.7. The number of rotatable bonds is 61. The van der Waals surface area contributed by atoms with E-state index in [1.807, 2.05) is 33.3 Å². The number of carbonyl (C=O) groups excluding carboxylic acids is 2. The molecule has 0 heterocycles. The van der Waals surface area contributed by atoms with Gasteiger partial charge in [-0.3, -0.25) is 18.6 Å². The summed E-state index contributed by atoms with van der Waals surface area (Å²) < 4.78 is 30.7. The van der Waals surface area contributed by atoms with Crippen molar-refractivity contribution in [2.24, 2.45) is 0 Å². The van der Waals surface area contributed by atoms with E-state index in [0.29, 0.717) is 17.4 Å². The first kappa shape index (κ1) is 74.5. The van der Waals surface area contributed by atoms with Gasteiger partial charge in [-0.2, -0.15) is 0 Å². The highest BCUT2D eigenvalue weighted by Crippen LogP contribution is 2.43. The molecule has 450 valence electrons. The number of unbranched alkanes of at least 4 members (excludes halogenated alkanes) is 43. The zero-order valence-electron chi connectivity index (χ0n) is 51.5. The topological polar surface area (TPSA) is 111 Å². The van der Waals surface area contributed by atoms with E-state index in [2.05, 4.69) is 38.2 Å². The number of carbonyl (C=O) groups is 2. The number of hydrogen-bond acceptors (Lipinski definition) is 6. The van der Waals surface area contributed by atoms with Gasteiger partial charge in [-0.1, -0.05) is 296 Å². The summed E-state index contributed by atoms with van der Waals surface area (Å²) in [6, 6.07) is -0.845. The lowest BCUT2D eigenvalue weighted by Gasteiger charge is -2.27. The monoisotopic (exact) mass is 1090 g/mol. The zero-order valence-corrected chi connectivity index (χ0v) is 52.4. The fourth-order valence-corrected chi connectivity index (χ4v) is 10.7. The summed E-state index contributed by atoms with van der Waals surface area (Å²) >= 11 is 0. The van der Waals surface area contributed by atoms with Crippen LogP contribution in [0.4, 0.5) is 0 Å². The lowest BCUT2D eigenvalue weighted by molar-refractivity contribution is -0.870. The maximum Gasteiger partial charge on any atom is 0.472 e. The third kappa shape index (κ3) is 57.2. The summed E-state index contributed by atoms with van der Waals surface area (Å²) in [7, 11) is 1.51. The van der Waals surface area contributed by atoms with Gasteiger partial charge >= 0.3 is 13.8 Å². The van der Waals surface area contributed by atoms with Gasteiger partial charge in [0.25, 0.3) is 0 Å². The van der Waals surface area contributed by atoms with Crippen LogP contribution in [-0.2, 0) is 27.9 Å². The van der Waals surface area contributed by atoms with Gasteiger partial charge in [-0.05, 0) is 51.0 Å². The van der Waals surface area contributed by atoms with E-state index in [-0.39, 0.29) is 31.5 Å². The lowest BCUT2D eigenvalue weighted by Crippen LogP contribution is -2.47. The number of amides is 1. The summed E-state index contributed by atoms with van der Waals surface area (Å²) in [5, 5.41) is 3.06. The fourth-order valence-electron chi connectivity index (χ4n) is 9.98. The van der Waals surface area contributed by atoms with Crippen LogP contribution in [0, 0.1) is 0 Å². The maximum atomic E-state index is 13.6. The molecular weight excluding hydrogens is 964 g/mol. The number of nitrogens with zero attached hydrogens (tertiary/aromatic N) is 1. The first-order chi connectivity index (χ1) is 36.9. The maximum absolute atomic E-state index is 13.6. The molecule has 3 atom stereocenters.